The molecular weight excluding hydrogens is 194 g/mol. The molecule has 1 unspecified atom stereocenters. The minimum atomic E-state index is 0.638. The number of rotatable bonds is 4. The lowest BCUT2D eigenvalue weighted by Gasteiger charge is -2.10. The van der Waals surface area contributed by atoms with E-state index in [4.69, 9.17) is 17.3 Å². The molecule has 0 heterocycles. The van der Waals surface area contributed by atoms with Gasteiger partial charge in [-0.1, -0.05) is 30.7 Å². The van der Waals surface area contributed by atoms with Crippen molar-refractivity contribution in [3.8, 4) is 0 Å². The predicted octanol–water partition coefficient (Wildman–Crippen LogP) is 3.18. The zero-order chi connectivity index (χ0) is 10.6. The molecule has 0 radical (unpaired) electrons. The van der Waals surface area contributed by atoms with Crippen LogP contribution >= 0.6 is 11.6 Å². The topological polar surface area (TPSA) is 26.0 Å². The summed E-state index contributed by atoms with van der Waals surface area (Å²) in [6, 6.07) is 6.28. The van der Waals surface area contributed by atoms with Crippen LogP contribution in [-0.4, -0.2) is 6.54 Å². The lowest BCUT2D eigenvalue weighted by atomic mass is 9.97. The molecule has 1 rings (SSSR count). The molecule has 1 aromatic rings. The molecule has 14 heavy (non-hydrogen) atoms. The van der Waals surface area contributed by atoms with Gasteiger partial charge in [-0.2, -0.15) is 0 Å². The lowest BCUT2D eigenvalue weighted by molar-refractivity contribution is 0.538. The minimum absolute atomic E-state index is 0.638. The van der Waals surface area contributed by atoms with Crippen molar-refractivity contribution < 1.29 is 0 Å². The molecule has 0 bridgehead atoms. The van der Waals surface area contributed by atoms with E-state index in [0.717, 1.165) is 30.0 Å². The molecule has 0 saturated carbocycles. The second-order valence-electron chi connectivity index (χ2n) is 3.97. The fourth-order valence-electron chi connectivity index (χ4n) is 1.55. The maximum absolute atomic E-state index is 6.05. The summed E-state index contributed by atoms with van der Waals surface area (Å²) < 4.78 is 0. The third-order valence-corrected chi connectivity index (χ3v) is 2.89. The van der Waals surface area contributed by atoms with Crippen LogP contribution in [0.25, 0.3) is 0 Å². The van der Waals surface area contributed by atoms with Gasteiger partial charge in [0.05, 0.1) is 0 Å². The smallest absolute Gasteiger partial charge is 0.0437 e. The Balaban J connectivity index is 2.63. The second-order valence-corrected chi connectivity index (χ2v) is 4.38. The monoisotopic (exact) mass is 211 g/mol. The van der Waals surface area contributed by atoms with Gasteiger partial charge in [0.25, 0.3) is 0 Å². The van der Waals surface area contributed by atoms with Gasteiger partial charge in [0.2, 0.25) is 0 Å². The van der Waals surface area contributed by atoms with Crippen LogP contribution in [0.3, 0.4) is 0 Å². The van der Waals surface area contributed by atoms with Crippen molar-refractivity contribution in [1.82, 2.24) is 0 Å². The quantitative estimate of drug-likeness (QED) is 0.814. The number of halogens is 1. The Kier molecular flexibility index (Phi) is 4.43. The maximum Gasteiger partial charge on any atom is 0.0437 e. The fraction of sp³-hybridized carbons (Fsp3) is 0.500. The van der Waals surface area contributed by atoms with Crippen LogP contribution < -0.4 is 5.73 Å². The number of hydrogen-bond acceptors (Lipinski definition) is 1. The number of benzene rings is 1. The van der Waals surface area contributed by atoms with Gasteiger partial charge in [0.1, 0.15) is 0 Å². The van der Waals surface area contributed by atoms with E-state index in [0.29, 0.717) is 5.92 Å². The van der Waals surface area contributed by atoms with Gasteiger partial charge in [-0.15, -0.1) is 0 Å². The fourth-order valence-corrected chi connectivity index (χ4v) is 1.76. The van der Waals surface area contributed by atoms with Crippen molar-refractivity contribution in [2.24, 2.45) is 11.7 Å². The highest BCUT2D eigenvalue weighted by atomic mass is 35.5. The van der Waals surface area contributed by atoms with E-state index in [1.807, 2.05) is 6.92 Å². The average Bonchev–Trinajstić information content (AvgIpc) is 2.12. The van der Waals surface area contributed by atoms with E-state index >= 15 is 0 Å². The molecule has 1 atom stereocenters. The van der Waals surface area contributed by atoms with Crippen molar-refractivity contribution >= 4 is 11.6 Å². The van der Waals surface area contributed by atoms with E-state index in [1.54, 1.807) is 0 Å². The number of nitrogens with two attached hydrogens (primary N) is 1. The average molecular weight is 212 g/mol. The molecule has 0 saturated heterocycles. The zero-order valence-corrected chi connectivity index (χ0v) is 9.64. The first-order valence-corrected chi connectivity index (χ1v) is 5.46. The molecule has 1 nitrogen and oxygen atoms in total. The summed E-state index contributed by atoms with van der Waals surface area (Å²) in [4.78, 5) is 0. The molecule has 0 aliphatic rings. The van der Waals surface area contributed by atoms with E-state index < -0.39 is 0 Å². The summed E-state index contributed by atoms with van der Waals surface area (Å²) in [5.41, 5.74) is 7.96. The first-order chi connectivity index (χ1) is 6.63. The number of hydrogen-bond donors (Lipinski definition) is 1. The van der Waals surface area contributed by atoms with Gasteiger partial charge in [-0.3, -0.25) is 0 Å². The summed E-state index contributed by atoms with van der Waals surface area (Å²) in [5.74, 6) is 0.638. The lowest BCUT2D eigenvalue weighted by Crippen LogP contribution is -2.08. The molecule has 0 fully saturated rings. The highest BCUT2D eigenvalue weighted by Crippen LogP contribution is 2.19. The highest BCUT2D eigenvalue weighted by Gasteiger charge is 2.04. The van der Waals surface area contributed by atoms with Crippen molar-refractivity contribution in [1.29, 1.82) is 0 Å². The van der Waals surface area contributed by atoms with Crippen LogP contribution in [0.1, 0.15) is 24.5 Å². The normalized spacial score (nSPS) is 12.9. The Bertz CT molecular complexity index is 296. The van der Waals surface area contributed by atoms with Gasteiger partial charge in [-0.05, 0) is 49.4 Å². The largest absolute Gasteiger partial charge is 0.330 e. The van der Waals surface area contributed by atoms with Crippen molar-refractivity contribution in [2.45, 2.75) is 26.7 Å². The van der Waals surface area contributed by atoms with Gasteiger partial charge in [0, 0.05) is 5.02 Å². The standard InChI is InChI=1S/C12H18ClN/c1-9(5-6-14)7-11-4-3-10(2)12(13)8-11/h3-4,8-9H,5-7,14H2,1-2H3. The summed E-state index contributed by atoms with van der Waals surface area (Å²) in [6.07, 6.45) is 2.14. The molecular formula is C12H18ClN. The molecule has 0 spiro atoms. The molecule has 0 aliphatic heterocycles. The minimum Gasteiger partial charge on any atom is -0.330 e. The summed E-state index contributed by atoms with van der Waals surface area (Å²) in [6.45, 7) is 5.01. The third kappa shape index (κ3) is 3.32. The Morgan fingerprint density at radius 3 is 2.71 bits per heavy atom. The molecule has 2 heteroatoms. The van der Waals surface area contributed by atoms with Crippen molar-refractivity contribution in [3.63, 3.8) is 0 Å². The maximum atomic E-state index is 6.05. The van der Waals surface area contributed by atoms with Crippen molar-refractivity contribution in [2.75, 3.05) is 6.54 Å². The first kappa shape index (κ1) is 11.5. The van der Waals surface area contributed by atoms with Gasteiger partial charge in [0.15, 0.2) is 0 Å². The molecule has 0 aromatic heterocycles. The first-order valence-electron chi connectivity index (χ1n) is 5.08. The Morgan fingerprint density at radius 1 is 1.43 bits per heavy atom. The summed E-state index contributed by atoms with van der Waals surface area (Å²) >= 11 is 6.05. The van der Waals surface area contributed by atoms with Crippen LogP contribution in [0.15, 0.2) is 18.2 Å². The second kappa shape index (κ2) is 5.38. The third-order valence-electron chi connectivity index (χ3n) is 2.48. The van der Waals surface area contributed by atoms with E-state index in [1.165, 1.54) is 5.56 Å². The SMILES string of the molecule is Cc1ccc(CC(C)CCN)cc1Cl. The molecule has 1 aromatic carbocycles. The summed E-state index contributed by atoms with van der Waals surface area (Å²) in [7, 11) is 0. The Labute approximate surface area is 91.3 Å². The van der Waals surface area contributed by atoms with Crippen LogP contribution in [0.5, 0.6) is 0 Å². The Hall–Kier alpha value is -0.530. The van der Waals surface area contributed by atoms with Gasteiger partial charge >= 0.3 is 0 Å². The van der Waals surface area contributed by atoms with Crippen LogP contribution in [0.4, 0.5) is 0 Å². The highest BCUT2D eigenvalue weighted by molar-refractivity contribution is 6.31. The van der Waals surface area contributed by atoms with Gasteiger partial charge < -0.3 is 5.73 Å². The van der Waals surface area contributed by atoms with E-state index in [2.05, 4.69) is 25.1 Å². The predicted molar refractivity (Wildman–Crippen MR) is 62.7 cm³/mol. The van der Waals surface area contributed by atoms with E-state index in [9.17, 15) is 0 Å². The molecule has 0 amide bonds. The zero-order valence-electron chi connectivity index (χ0n) is 8.89. The van der Waals surface area contributed by atoms with Crippen molar-refractivity contribution in [3.05, 3.63) is 34.3 Å². The van der Waals surface area contributed by atoms with Crippen LogP contribution in [-0.2, 0) is 6.42 Å². The van der Waals surface area contributed by atoms with Crippen LogP contribution in [0, 0.1) is 12.8 Å². The van der Waals surface area contributed by atoms with Gasteiger partial charge in [-0.25, -0.2) is 0 Å². The molecule has 0 aliphatic carbocycles. The molecule has 2 N–H and O–H groups in total. The molecule has 78 valence electrons. The van der Waals surface area contributed by atoms with Crippen LogP contribution in [0.2, 0.25) is 5.02 Å². The van der Waals surface area contributed by atoms with E-state index in [-0.39, 0.29) is 0 Å². The number of aryl methyl sites for hydroxylation is 1. The Morgan fingerprint density at radius 2 is 2.14 bits per heavy atom. The summed E-state index contributed by atoms with van der Waals surface area (Å²) in [5, 5.41) is 0.863.